The lowest BCUT2D eigenvalue weighted by molar-refractivity contribution is -0.137. The maximum atomic E-state index is 12.9. The number of ether oxygens (including phenoxy) is 2. The number of carbonyl (C=O) groups is 1. The second-order valence-corrected chi connectivity index (χ2v) is 6.05. The molecule has 3 aromatic carbocycles. The molecule has 0 saturated heterocycles. The van der Waals surface area contributed by atoms with Crippen molar-refractivity contribution in [2.75, 3.05) is 18.5 Å². The van der Waals surface area contributed by atoms with Crippen LogP contribution in [0.15, 0.2) is 78.9 Å². The Hall–Kier alpha value is -3.48. The van der Waals surface area contributed by atoms with Crippen molar-refractivity contribution in [2.24, 2.45) is 0 Å². The molecule has 0 bridgehead atoms. The van der Waals surface area contributed by atoms with E-state index in [9.17, 15) is 18.0 Å². The van der Waals surface area contributed by atoms with E-state index in [0.717, 1.165) is 12.1 Å². The number of hydrogen-bond donors (Lipinski definition) is 1. The standard InChI is InChI=1S/C22H18F3NO3/c23-22(24,25)16-7-6-8-17(15-16)26-20-12-5-4-11-19(20)21(27)29-14-13-28-18-9-2-1-3-10-18/h1-12,15,26H,13-14H2. The number of halogens is 3. The second-order valence-electron chi connectivity index (χ2n) is 6.05. The first-order chi connectivity index (χ1) is 13.9. The number of carbonyl (C=O) groups excluding carboxylic acids is 1. The van der Waals surface area contributed by atoms with E-state index in [-0.39, 0.29) is 24.5 Å². The van der Waals surface area contributed by atoms with Crippen molar-refractivity contribution in [3.8, 4) is 5.75 Å². The van der Waals surface area contributed by atoms with E-state index < -0.39 is 17.7 Å². The van der Waals surface area contributed by atoms with Gasteiger partial charge in [-0.3, -0.25) is 0 Å². The van der Waals surface area contributed by atoms with Crippen molar-refractivity contribution < 1.29 is 27.4 Å². The summed E-state index contributed by atoms with van der Waals surface area (Å²) in [6.07, 6.45) is -4.45. The zero-order valence-corrected chi connectivity index (χ0v) is 15.3. The van der Waals surface area contributed by atoms with Crippen LogP contribution in [0.3, 0.4) is 0 Å². The van der Waals surface area contributed by atoms with Gasteiger partial charge < -0.3 is 14.8 Å². The van der Waals surface area contributed by atoms with Gasteiger partial charge in [-0.25, -0.2) is 4.79 Å². The van der Waals surface area contributed by atoms with Gasteiger partial charge in [0, 0.05) is 5.69 Å². The van der Waals surface area contributed by atoms with Crippen LogP contribution < -0.4 is 10.1 Å². The molecule has 0 fully saturated rings. The lowest BCUT2D eigenvalue weighted by Gasteiger charge is -2.14. The molecule has 150 valence electrons. The fourth-order valence-electron chi connectivity index (χ4n) is 2.59. The molecular formula is C22H18F3NO3. The van der Waals surface area contributed by atoms with Crippen LogP contribution in [0.5, 0.6) is 5.75 Å². The smallest absolute Gasteiger partial charge is 0.416 e. The Morgan fingerprint density at radius 3 is 2.34 bits per heavy atom. The molecule has 0 aliphatic rings. The summed E-state index contributed by atoms with van der Waals surface area (Å²) < 4.78 is 49.4. The summed E-state index contributed by atoms with van der Waals surface area (Å²) in [7, 11) is 0. The number of anilines is 2. The molecule has 0 atom stereocenters. The highest BCUT2D eigenvalue weighted by molar-refractivity contribution is 5.96. The zero-order chi connectivity index (χ0) is 20.7. The molecule has 4 nitrogen and oxygen atoms in total. The Bertz CT molecular complexity index is 959. The summed E-state index contributed by atoms with van der Waals surface area (Å²) in [5.41, 5.74) is -0.00136. The summed E-state index contributed by atoms with van der Waals surface area (Å²) >= 11 is 0. The Kier molecular flexibility index (Phi) is 6.39. The fraction of sp³-hybridized carbons (Fsp3) is 0.136. The van der Waals surface area contributed by atoms with Crippen molar-refractivity contribution in [3.05, 3.63) is 90.0 Å². The van der Waals surface area contributed by atoms with Crippen LogP contribution in [0.25, 0.3) is 0 Å². The molecule has 29 heavy (non-hydrogen) atoms. The molecule has 0 aromatic heterocycles. The van der Waals surface area contributed by atoms with Gasteiger partial charge in [0.1, 0.15) is 19.0 Å². The second kappa shape index (κ2) is 9.14. The largest absolute Gasteiger partial charge is 0.490 e. The predicted octanol–water partition coefficient (Wildman–Crippen LogP) is 5.68. The van der Waals surface area contributed by atoms with Gasteiger partial charge in [-0.1, -0.05) is 36.4 Å². The maximum absolute atomic E-state index is 12.9. The first kappa shape index (κ1) is 20.3. The van der Waals surface area contributed by atoms with Crippen LogP contribution in [-0.2, 0) is 10.9 Å². The summed E-state index contributed by atoms with van der Waals surface area (Å²) in [4.78, 5) is 12.4. The van der Waals surface area contributed by atoms with Gasteiger partial charge >= 0.3 is 12.1 Å². The predicted molar refractivity (Wildman–Crippen MR) is 103 cm³/mol. The van der Waals surface area contributed by atoms with Crippen molar-refractivity contribution in [2.45, 2.75) is 6.18 Å². The Morgan fingerprint density at radius 1 is 0.862 bits per heavy atom. The molecule has 0 saturated carbocycles. The summed E-state index contributed by atoms with van der Waals surface area (Å²) in [5.74, 6) is 0.0619. The molecule has 0 aliphatic heterocycles. The topological polar surface area (TPSA) is 47.6 Å². The highest BCUT2D eigenvalue weighted by atomic mass is 19.4. The summed E-state index contributed by atoms with van der Waals surface area (Å²) in [5, 5.41) is 2.85. The molecule has 7 heteroatoms. The minimum atomic E-state index is -4.45. The maximum Gasteiger partial charge on any atom is 0.416 e. The number of alkyl halides is 3. The van der Waals surface area contributed by atoms with Crippen LogP contribution >= 0.6 is 0 Å². The van der Waals surface area contributed by atoms with E-state index in [1.165, 1.54) is 18.2 Å². The molecule has 0 amide bonds. The minimum Gasteiger partial charge on any atom is -0.490 e. The third kappa shape index (κ3) is 5.75. The number of para-hydroxylation sites is 2. The first-order valence-electron chi connectivity index (χ1n) is 8.82. The zero-order valence-electron chi connectivity index (χ0n) is 15.3. The molecule has 0 radical (unpaired) electrons. The van der Waals surface area contributed by atoms with E-state index in [2.05, 4.69) is 5.32 Å². The van der Waals surface area contributed by atoms with Crippen molar-refractivity contribution >= 4 is 17.3 Å². The molecule has 0 unspecified atom stereocenters. The summed E-state index contributed by atoms with van der Waals surface area (Å²) in [6.45, 7) is 0.213. The van der Waals surface area contributed by atoms with Crippen molar-refractivity contribution in [1.29, 1.82) is 0 Å². The SMILES string of the molecule is O=C(OCCOc1ccccc1)c1ccccc1Nc1cccc(C(F)(F)F)c1. The highest BCUT2D eigenvalue weighted by Crippen LogP contribution is 2.32. The van der Waals surface area contributed by atoms with Crippen LogP contribution in [0.4, 0.5) is 24.5 Å². The third-order valence-electron chi connectivity index (χ3n) is 3.94. The quantitative estimate of drug-likeness (QED) is 0.408. The van der Waals surface area contributed by atoms with Crippen LogP contribution in [0.1, 0.15) is 15.9 Å². The third-order valence-corrected chi connectivity index (χ3v) is 3.94. The van der Waals surface area contributed by atoms with Crippen molar-refractivity contribution in [3.63, 3.8) is 0 Å². The molecule has 0 aliphatic carbocycles. The van der Waals surface area contributed by atoms with E-state index in [1.54, 1.807) is 30.3 Å². The average molecular weight is 401 g/mol. The summed E-state index contributed by atoms with van der Waals surface area (Å²) in [6, 6.07) is 20.3. The lowest BCUT2D eigenvalue weighted by atomic mass is 10.1. The highest BCUT2D eigenvalue weighted by Gasteiger charge is 2.30. The van der Waals surface area contributed by atoms with E-state index in [4.69, 9.17) is 9.47 Å². The minimum absolute atomic E-state index is 0.0334. The Labute approximate surface area is 165 Å². The molecule has 3 rings (SSSR count). The van der Waals surface area contributed by atoms with Gasteiger partial charge in [-0.05, 0) is 42.5 Å². The van der Waals surface area contributed by atoms with Crippen LogP contribution in [0.2, 0.25) is 0 Å². The van der Waals surface area contributed by atoms with E-state index in [0.29, 0.717) is 11.4 Å². The molecule has 0 heterocycles. The monoisotopic (exact) mass is 401 g/mol. The van der Waals surface area contributed by atoms with Gasteiger partial charge in [-0.15, -0.1) is 0 Å². The lowest BCUT2D eigenvalue weighted by Crippen LogP contribution is -2.13. The fourth-order valence-corrected chi connectivity index (χ4v) is 2.59. The Balaban J connectivity index is 1.63. The van der Waals surface area contributed by atoms with Gasteiger partial charge in [0.05, 0.1) is 16.8 Å². The van der Waals surface area contributed by atoms with Gasteiger partial charge in [-0.2, -0.15) is 13.2 Å². The van der Waals surface area contributed by atoms with Crippen LogP contribution in [0, 0.1) is 0 Å². The number of esters is 1. The molecule has 3 aromatic rings. The van der Waals surface area contributed by atoms with Gasteiger partial charge in [0.15, 0.2) is 0 Å². The number of nitrogens with one attached hydrogen (secondary N) is 1. The van der Waals surface area contributed by atoms with Crippen LogP contribution in [-0.4, -0.2) is 19.2 Å². The molecule has 1 N–H and O–H groups in total. The molecule has 0 spiro atoms. The van der Waals surface area contributed by atoms with Crippen molar-refractivity contribution in [1.82, 2.24) is 0 Å². The van der Waals surface area contributed by atoms with Gasteiger partial charge in [0.2, 0.25) is 0 Å². The molecular weight excluding hydrogens is 383 g/mol. The number of rotatable bonds is 7. The van der Waals surface area contributed by atoms with Gasteiger partial charge in [0.25, 0.3) is 0 Å². The normalized spacial score (nSPS) is 11.0. The van der Waals surface area contributed by atoms with E-state index in [1.807, 2.05) is 18.2 Å². The Morgan fingerprint density at radius 2 is 1.59 bits per heavy atom. The number of benzene rings is 3. The number of hydrogen-bond acceptors (Lipinski definition) is 4. The van der Waals surface area contributed by atoms with E-state index >= 15 is 0 Å². The first-order valence-corrected chi connectivity index (χ1v) is 8.82. The average Bonchev–Trinajstić information content (AvgIpc) is 2.72.